The van der Waals surface area contributed by atoms with E-state index in [9.17, 15) is 9.59 Å². The second-order valence-corrected chi connectivity index (χ2v) is 6.11. The summed E-state index contributed by atoms with van der Waals surface area (Å²) in [5.41, 5.74) is 0.810. The van der Waals surface area contributed by atoms with Crippen molar-refractivity contribution in [3.8, 4) is 5.75 Å². The van der Waals surface area contributed by atoms with E-state index < -0.39 is 18.4 Å². The topological polar surface area (TPSA) is 72.8 Å². The van der Waals surface area contributed by atoms with Gasteiger partial charge in [-0.15, -0.1) is 0 Å². The maximum Gasteiger partial charge on any atom is 0.382 e. The lowest BCUT2D eigenvalue weighted by Gasteiger charge is -2.10. The summed E-state index contributed by atoms with van der Waals surface area (Å²) in [7, 11) is 0. The van der Waals surface area contributed by atoms with Crippen molar-refractivity contribution >= 4 is 11.9 Å². The Hall–Kier alpha value is -2.30. The van der Waals surface area contributed by atoms with Crippen molar-refractivity contribution in [3.63, 3.8) is 0 Å². The molecule has 138 valence electrons. The number of hydrogen-bond acceptors (Lipinski definition) is 4. The molecule has 0 heterocycles. The van der Waals surface area contributed by atoms with Crippen LogP contribution in [0.1, 0.15) is 63.9 Å². The van der Waals surface area contributed by atoms with Crippen molar-refractivity contribution in [2.45, 2.75) is 64.7 Å². The van der Waals surface area contributed by atoms with E-state index in [0.717, 1.165) is 24.8 Å². The minimum atomic E-state index is -1.14. The number of carboxylic acid groups (broad SMARTS) is 1. The number of rotatable bonds is 13. The van der Waals surface area contributed by atoms with Crippen LogP contribution in [0.3, 0.4) is 0 Å². The third-order valence-electron chi connectivity index (χ3n) is 3.88. The van der Waals surface area contributed by atoms with E-state index in [1.54, 1.807) is 12.1 Å². The number of hydrogen-bond donors (Lipinski definition) is 1. The van der Waals surface area contributed by atoms with Crippen LogP contribution in [0, 0.1) is 0 Å². The summed E-state index contributed by atoms with van der Waals surface area (Å²) in [5.74, 6) is -1.53. The van der Waals surface area contributed by atoms with Gasteiger partial charge in [0.1, 0.15) is 0 Å². The highest BCUT2D eigenvalue weighted by molar-refractivity contribution is 5.92. The molecule has 1 aromatic rings. The molecular weight excluding hydrogens is 320 g/mol. The van der Waals surface area contributed by atoms with E-state index in [2.05, 4.69) is 13.5 Å². The van der Waals surface area contributed by atoms with E-state index in [-0.39, 0.29) is 5.57 Å². The molecule has 1 rings (SSSR count). The van der Waals surface area contributed by atoms with Crippen molar-refractivity contribution in [3.05, 3.63) is 42.0 Å². The number of benzene rings is 1. The van der Waals surface area contributed by atoms with Crippen LogP contribution in [0.2, 0.25) is 0 Å². The van der Waals surface area contributed by atoms with Gasteiger partial charge in [0.15, 0.2) is 5.75 Å². The lowest BCUT2D eigenvalue weighted by atomic mass is 10.0. The Balaban J connectivity index is 2.39. The van der Waals surface area contributed by atoms with Gasteiger partial charge in [-0.1, -0.05) is 70.2 Å². The van der Waals surface area contributed by atoms with Crippen LogP contribution in [0.15, 0.2) is 36.4 Å². The second kappa shape index (κ2) is 12.1. The van der Waals surface area contributed by atoms with Gasteiger partial charge < -0.3 is 5.11 Å². The number of unbranched alkanes of at least 4 members (excludes halogenated alkanes) is 6. The molecule has 0 spiro atoms. The van der Waals surface area contributed by atoms with E-state index in [1.807, 2.05) is 12.1 Å². The summed E-state index contributed by atoms with van der Waals surface area (Å²) in [4.78, 5) is 32.0. The minimum Gasteiger partial charge on any atom is -0.481 e. The molecule has 25 heavy (non-hydrogen) atoms. The van der Waals surface area contributed by atoms with Gasteiger partial charge >= 0.3 is 11.9 Å². The molecule has 0 aromatic heterocycles. The number of carbonyl (C=O) groups excluding carboxylic acids is 1. The summed E-state index contributed by atoms with van der Waals surface area (Å²) in [6.45, 7) is 5.59. The highest BCUT2D eigenvalue weighted by Gasteiger charge is 2.15. The summed E-state index contributed by atoms with van der Waals surface area (Å²) in [6, 6.07) is 7.37. The van der Waals surface area contributed by atoms with Crippen molar-refractivity contribution in [1.29, 1.82) is 0 Å². The summed E-state index contributed by atoms with van der Waals surface area (Å²) >= 11 is 0. The summed E-state index contributed by atoms with van der Waals surface area (Å²) < 4.78 is 0. The van der Waals surface area contributed by atoms with E-state index >= 15 is 0 Å². The normalized spacial score (nSPS) is 10.3. The van der Waals surface area contributed by atoms with Gasteiger partial charge in [-0.2, -0.15) is 0 Å². The zero-order chi connectivity index (χ0) is 18.5. The summed E-state index contributed by atoms with van der Waals surface area (Å²) in [6.07, 6.45) is 8.94. The zero-order valence-electron chi connectivity index (χ0n) is 15.0. The molecule has 0 aliphatic rings. The molecule has 5 nitrogen and oxygen atoms in total. The first-order chi connectivity index (χ1) is 12.0. The molecule has 5 heteroatoms. The Bertz CT molecular complexity index is 565. The Kier molecular flexibility index (Phi) is 10.1. The van der Waals surface area contributed by atoms with Crippen LogP contribution in [0.4, 0.5) is 0 Å². The number of carbonyl (C=O) groups is 2. The molecule has 0 aliphatic heterocycles. The van der Waals surface area contributed by atoms with E-state index in [4.69, 9.17) is 14.9 Å². The largest absolute Gasteiger partial charge is 0.481 e. The Labute approximate surface area is 149 Å². The third kappa shape index (κ3) is 8.94. The fraction of sp³-hybridized carbons (Fsp3) is 0.500. The molecule has 0 bridgehead atoms. The molecule has 0 saturated carbocycles. The van der Waals surface area contributed by atoms with Gasteiger partial charge in [0.05, 0.1) is 6.42 Å². The smallest absolute Gasteiger partial charge is 0.382 e. The van der Waals surface area contributed by atoms with Crippen LogP contribution in [-0.4, -0.2) is 17.0 Å². The highest BCUT2D eigenvalue weighted by Crippen LogP contribution is 2.21. The lowest BCUT2D eigenvalue weighted by Crippen LogP contribution is -2.13. The van der Waals surface area contributed by atoms with Crippen LogP contribution < -0.4 is 4.89 Å². The maximum atomic E-state index is 11.6. The van der Waals surface area contributed by atoms with Crippen LogP contribution in [0.25, 0.3) is 0 Å². The number of para-hydroxylation sites is 1. The summed E-state index contributed by atoms with van der Waals surface area (Å²) in [5, 5.41) is 8.64. The molecule has 0 radical (unpaired) electrons. The van der Waals surface area contributed by atoms with Gasteiger partial charge in [0.2, 0.25) is 0 Å². The van der Waals surface area contributed by atoms with Gasteiger partial charge in [-0.25, -0.2) is 9.68 Å². The quantitative estimate of drug-likeness (QED) is 0.239. The van der Waals surface area contributed by atoms with Crippen LogP contribution >= 0.6 is 0 Å². The molecule has 1 aromatic carbocycles. The maximum absolute atomic E-state index is 11.6. The Morgan fingerprint density at radius 1 is 1.04 bits per heavy atom. The van der Waals surface area contributed by atoms with Crippen molar-refractivity contribution in [2.75, 3.05) is 0 Å². The molecule has 0 amide bonds. The number of aliphatic carboxylic acids is 1. The van der Waals surface area contributed by atoms with Gasteiger partial charge in [-0.05, 0) is 24.5 Å². The van der Waals surface area contributed by atoms with Crippen molar-refractivity contribution < 1.29 is 24.5 Å². The van der Waals surface area contributed by atoms with E-state index in [1.165, 1.54) is 32.1 Å². The molecule has 0 saturated heterocycles. The molecule has 0 unspecified atom stereocenters. The van der Waals surface area contributed by atoms with Gasteiger partial charge in [-0.3, -0.25) is 9.68 Å². The Morgan fingerprint density at radius 3 is 2.36 bits per heavy atom. The average molecular weight is 348 g/mol. The predicted molar refractivity (Wildman–Crippen MR) is 96.3 cm³/mol. The van der Waals surface area contributed by atoms with Gasteiger partial charge in [0.25, 0.3) is 0 Å². The molecule has 0 aliphatic carbocycles. The van der Waals surface area contributed by atoms with Gasteiger partial charge in [0, 0.05) is 5.57 Å². The first kappa shape index (κ1) is 20.7. The standard InChI is InChI=1S/C20H28O5/c1-3-4-5-6-7-8-9-12-17-13-10-11-14-18(17)24-25-20(23)16(2)15-19(21)22/h10-11,13-14H,2-9,12,15H2,1H3,(H,21,22). The SMILES string of the molecule is C=C(CC(=O)O)C(=O)OOc1ccccc1CCCCCCCCC. The molecule has 1 N–H and O–H groups in total. The van der Waals surface area contributed by atoms with Crippen LogP contribution in [0.5, 0.6) is 5.75 Å². The number of aryl methyl sites for hydroxylation is 1. The fourth-order valence-electron chi connectivity index (χ4n) is 2.46. The van der Waals surface area contributed by atoms with E-state index in [0.29, 0.717) is 5.75 Å². The molecule has 0 fully saturated rings. The minimum absolute atomic E-state index is 0.155. The monoisotopic (exact) mass is 348 g/mol. The fourth-order valence-corrected chi connectivity index (χ4v) is 2.46. The zero-order valence-corrected chi connectivity index (χ0v) is 15.0. The van der Waals surface area contributed by atoms with Crippen molar-refractivity contribution in [1.82, 2.24) is 0 Å². The third-order valence-corrected chi connectivity index (χ3v) is 3.88. The highest BCUT2D eigenvalue weighted by atomic mass is 17.2. The lowest BCUT2D eigenvalue weighted by molar-refractivity contribution is -0.209. The van der Waals surface area contributed by atoms with Crippen molar-refractivity contribution in [2.24, 2.45) is 0 Å². The van der Waals surface area contributed by atoms with Crippen LogP contribution in [-0.2, 0) is 20.9 Å². The average Bonchev–Trinajstić information content (AvgIpc) is 2.59. The predicted octanol–water partition coefficient (Wildman–Crippen LogP) is 4.85. The molecular formula is C20H28O5. The first-order valence-electron chi connectivity index (χ1n) is 8.91. The molecule has 0 atom stereocenters. The first-order valence-corrected chi connectivity index (χ1v) is 8.91. The second-order valence-electron chi connectivity index (χ2n) is 6.11. The Morgan fingerprint density at radius 2 is 1.68 bits per heavy atom. The number of carboxylic acids is 1.